The smallest absolute Gasteiger partial charge is 0.0371 e. The third kappa shape index (κ3) is 5.80. The summed E-state index contributed by atoms with van der Waals surface area (Å²) in [6.07, 6.45) is 7.75. The molecule has 3 unspecified atom stereocenters. The van der Waals surface area contributed by atoms with Gasteiger partial charge in [0.05, 0.1) is 0 Å². The molecule has 3 atom stereocenters. The largest absolute Gasteiger partial charge is 0.326 e. The molecule has 19 heavy (non-hydrogen) atoms. The molecule has 0 bridgehead atoms. The fourth-order valence-electron chi connectivity index (χ4n) is 3.29. The van der Waals surface area contributed by atoms with E-state index < -0.39 is 0 Å². The van der Waals surface area contributed by atoms with Gasteiger partial charge in [0.25, 0.3) is 0 Å². The van der Waals surface area contributed by atoms with Gasteiger partial charge in [-0.1, -0.05) is 39.5 Å². The highest BCUT2D eigenvalue weighted by atomic mass is 15.2. The fourth-order valence-corrected chi connectivity index (χ4v) is 3.29. The molecule has 1 aliphatic rings. The Kier molecular flexibility index (Phi) is 7.96. The quantitative estimate of drug-likeness (QED) is 0.771. The van der Waals surface area contributed by atoms with Crippen LogP contribution in [-0.2, 0) is 0 Å². The second kappa shape index (κ2) is 8.93. The van der Waals surface area contributed by atoms with Crippen molar-refractivity contribution in [3.8, 4) is 0 Å². The molecule has 1 rings (SSSR count). The molecule has 1 aliphatic heterocycles. The topological polar surface area (TPSA) is 32.5 Å². The van der Waals surface area contributed by atoms with Crippen molar-refractivity contribution < 1.29 is 0 Å². The Morgan fingerprint density at radius 2 is 1.95 bits per heavy atom. The van der Waals surface area contributed by atoms with E-state index in [4.69, 9.17) is 5.73 Å². The third-order valence-electron chi connectivity index (χ3n) is 4.76. The summed E-state index contributed by atoms with van der Waals surface area (Å²) in [5.74, 6) is 0.817. The van der Waals surface area contributed by atoms with E-state index in [0.717, 1.165) is 12.5 Å². The van der Waals surface area contributed by atoms with E-state index in [2.05, 4.69) is 37.7 Å². The molecular formula is C16H35N3. The highest BCUT2D eigenvalue weighted by molar-refractivity contribution is 4.86. The molecular weight excluding hydrogens is 234 g/mol. The van der Waals surface area contributed by atoms with Gasteiger partial charge in [-0.3, -0.25) is 0 Å². The molecule has 1 saturated heterocycles. The monoisotopic (exact) mass is 269 g/mol. The van der Waals surface area contributed by atoms with Crippen LogP contribution in [0.3, 0.4) is 0 Å². The second-order valence-electron chi connectivity index (χ2n) is 6.48. The van der Waals surface area contributed by atoms with E-state index in [-0.39, 0.29) is 0 Å². The number of hydrogen-bond acceptors (Lipinski definition) is 3. The van der Waals surface area contributed by atoms with Crippen LogP contribution in [0.4, 0.5) is 0 Å². The van der Waals surface area contributed by atoms with E-state index in [9.17, 15) is 0 Å². The predicted molar refractivity (Wildman–Crippen MR) is 84.4 cm³/mol. The van der Waals surface area contributed by atoms with Gasteiger partial charge in [-0.05, 0) is 45.9 Å². The predicted octanol–water partition coefficient (Wildman–Crippen LogP) is 2.56. The molecule has 0 amide bonds. The Morgan fingerprint density at radius 1 is 1.21 bits per heavy atom. The van der Waals surface area contributed by atoms with Gasteiger partial charge in [0, 0.05) is 18.6 Å². The number of rotatable bonds is 7. The van der Waals surface area contributed by atoms with Crippen LogP contribution in [0.5, 0.6) is 0 Å². The summed E-state index contributed by atoms with van der Waals surface area (Å²) in [6.45, 7) is 8.12. The standard InChI is InChI=1S/C16H35N3/c1-5-7-9-14(6-2)12-15(17)16-13-18(3)10-8-11-19(16)4/h14-16H,5-13,17H2,1-4H3. The molecule has 0 aromatic carbocycles. The zero-order valence-electron chi connectivity index (χ0n) is 13.6. The summed E-state index contributed by atoms with van der Waals surface area (Å²) in [4.78, 5) is 4.93. The van der Waals surface area contributed by atoms with Crippen molar-refractivity contribution in [3.63, 3.8) is 0 Å². The van der Waals surface area contributed by atoms with Gasteiger partial charge in [0.15, 0.2) is 0 Å². The first-order valence-corrected chi connectivity index (χ1v) is 8.22. The van der Waals surface area contributed by atoms with Crippen LogP contribution in [0.25, 0.3) is 0 Å². The lowest BCUT2D eigenvalue weighted by Crippen LogP contribution is -2.50. The highest BCUT2D eigenvalue weighted by Gasteiger charge is 2.27. The lowest BCUT2D eigenvalue weighted by atomic mass is 9.89. The van der Waals surface area contributed by atoms with Crippen molar-refractivity contribution >= 4 is 0 Å². The first kappa shape index (κ1) is 16.9. The average molecular weight is 269 g/mol. The fraction of sp³-hybridized carbons (Fsp3) is 1.00. The van der Waals surface area contributed by atoms with Crippen LogP contribution < -0.4 is 5.73 Å². The van der Waals surface area contributed by atoms with Gasteiger partial charge < -0.3 is 15.5 Å². The van der Waals surface area contributed by atoms with Crippen molar-refractivity contribution in [1.82, 2.24) is 9.80 Å². The third-order valence-corrected chi connectivity index (χ3v) is 4.76. The maximum Gasteiger partial charge on any atom is 0.0371 e. The van der Waals surface area contributed by atoms with Crippen molar-refractivity contribution in [1.29, 1.82) is 0 Å². The molecule has 0 aromatic heterocycles. The van der Waals surface area contributed by atoms with Crippen LogP contribution in [-0.4, -0.2) is 55.6 Å². The van der Waals surface area contributed by atoms with Crippen LogP contribution in [0, 0.1) is 5.92 Å². The number of likely N-dealkylation sites (N-methyl/N-ethyl adjacent to an activating group) is 2. The Balaban J connectivity index is 2.50. The second-order valence-corrected chi connectivity index (χ2v) is 6.48. The molecule has 2 N–H and O–H groups in total. The molecule has 1 fully saturated rings. The molecule has 3 heteroatoms. The lowest BCUT2D eigenvalue weighted by molar-refractivity contribution is 0.178. The molecule has 0 saturated carbocycles. The summed E-state index contributed by atoms with van der Waals surface area (Å²) in [5, 5.41) is 0. The van der Waals surface area contributed by atoms with Gasteiger partial charge in [0.2, 0.25) is 0 Å². The Labute approximate surface area is 120 Å². The molecule has 0 radical (unpaired) electrons. The van der Waals surface area contributed by atoms with Gasteiger partial charge in [-0.25, -0.2) is 0 Å². The van der Waals surface area contributed by atoms with Gasteiger partial charge >= 0.3 is 0 Å². The molecule has 114 valence electrons. The summed E-state index contributed by atoms with van der Waals surface area (Å²) >= 11 is 0. The molecule has 1 heterocycles. The SMILES string of the molecule is CCCCC(CC)CC(N)C1CN(C)CCCN1C. The Bertz CT molecular complexity index is 232. The van der Waals surface area contributed by atoms with Crippen molar-refractivity contribution in [2.24, 2.45) is 11.7 Å². The summed E-state index contributed by atoms with van der Waals surface area (Å²) in [6, 6.07) is 0.857. The van der Waals surface area contributed by atoms with E-state index in [1.165, 1.54) is 51.6 Å². The van der Waals surface area contributed by atoms with Crippen molar-refractivity contribution in [3.05, 3.63) is 0 Å². The summed E-state index contributed by atoms with van der Waals surface area (Å²) < 4.78 is 0. The van der Waals surface area contributed by atoms with Crippen LogP contribution in [0.15, 0.2) is 0 Å². The number of hydrogen-bond donors (Lipinski definition) is 1. The van der Waals surface area contributed by atoms with Crippen LogP contribution >= 0.6 is 0 Å². The van der Waals surface area contributed by atoms with Gasteiger partial charge in [-0.2, -0.15) is 0 Å². The zero-order valence-corrected chi connectivity index (χ0v) is 13.6. The first-order chi connectivity index (χ1) is 9.08. The molecule has 3 nitrogen and oxygen atoms in total. The average Bonchev–Trinajstić information content (AvgIpc) is 2.56. The minimum Gasteiger partial charge on any atom is -0.326 e. The number of unbranched alkanes of at least 4 members (excludes halogenated alkanes) is 1. The zero-order chi connectivity index (χ0) is 14.3. The summed E-state index contributed by atoms with van der Waals surface area (Å²) in [5.41, 5.74) is 6.55. The Morgan fingerprint density at radius 3 is 2.58 bits per heavy atom. The van der Waals surface area contributed by atoms with Crippen LogP contribution in [0.2, 0.25) is 0 Å². The first-order valence-electron chi connectivity index (χ1n) is 8.22. The minimum absolute atomic E-state index is 0.326. The molecule has 0 aromatic rings. The molecule has 0 aliphatic carbocycles. The lowest BCUT2D eigenvalue weighted by Gasteiger charge is -2.34. The normalized spacial score (nSPS) is 26.1. The van der Waals surface area contributed by atoms with E-state index in [1.807, 2.05) is 0 Å². The van der Waals surface area contributed by atoms with E-state index in [1.54, 1.807) is 0 Å². The van der Waals surface area contributed by atoms with Gasteiger partial charge in [-0.15, -0.1) is 0 Å². The summed E-state index contributed by atoms with van der Waals surface area (Å²) in [7, 11) is 4.48. The van der Waals surface area contributed by atoms with Crippen molar-refractivity contribution in [2.45, 2.75) is 64.5 Å². The Hall–Kier alpha value is -0.120. The van der Waals surface area contributed by atoms with Gasteiger partial charge in [0.1, 0.15) is 0 Å². The van der Waals surface area contributed by atoms with Crippen molar-refractivity contribution in [2.75, 3.05) is 33.7 Å². The van der Waals surface area contributed by atoms with E-state index in [0.29, 0.717) is 12.1 Å². The maximum atomic E-state index is 6.55. The molecule has 0 spiro atoms. The maximum absolute atomic E-state index is 6.55. The van der Waals surface area contributed by atoms with Crippen LogP contribution in [0.1, 0.15) is 52.4 Å². The van der Waals surface area contributed by atoms with E-state index >= 15 is 0 Å². The number of nitrogens with zero attached hydrogens (tertiary/aromatic N) is 2. The highest BCUT2D eigenvalue weighted by Crippen LogP contribution is 2.21. The minimum atomic E-state index is 0.326. The number of nitrogens with two attached hydrogens (primary N) is 1.